The summed E-state index contributed by atoms with van der Waals surface area (Å²) < 4.78 is 35.1. The first kappa shape index (κ1) is 27.4. The molecule has 3 heterocycles. The Morgan fingerprint density at radius 3 is 2.60 bits per heavy atom. The molecule has 0 amide bonds. The Kier molecular flexibility index (Phi) is 7.65. The van der Waals surface area contributed by atoms with Gasteiger partial charge < -0.3 is 9.64 Å². The third kappa shape index (κ3) is 4.96. The number of hydrogen-bond acceptors (Lipinski definition) is 10. The Labute approximate surface area is 231 Å². The molecule has 0 bridgehead atoms. The van der Waals surface area contributed by atoms with Crippen LogP contribution in [0.15, 0.2) is 52.5 Å². The van der Waals surface area contributed by atoms with Crippen molar-refractivity contribution in [2.24, 2.45) is 5.10 Å². The van der Waals surface area contributed by atoms with Gasteiger partial charge in [-0.3, -0.25) is 15.5 Å². The fourth-order valence-corrected chi connectivity index (χ4v) is 6.40. The summed E-state index contributed by atoms with van der Waals surface area (Å²) in [5.41, 5.74) is 5.41. The molecule has 0 radical (unpaired) electrons. The summed E-state index contributed by atoms with van der Waals surface area (Å²) in [4.78, 5) is 17.7. The number of hydrazone groups is 1. The van der Waals surface area contributed by atoms with E-state index in [9.17, 15) is 18.5 Å². The summed E-state index contributed by atoms with van der Waals surface area (Å²) in [6.45, 7) is 8.37. The Bertz CT molecular complexity index is 1710. The van der Waals surface area contributed by atoms with E-state index in [0.717, 1.165) is 35.9 Å². The topological polar surface area (TPSA) is 148 Å². The molecular formula is C26H30N8O5S. The highest BCUT2D eigenvalue weighted by Crippen LogP contribution is 2.30. The van der Waals surface area contributed by atoms with E-state index in [0.29, 0.717) is 30.1 Å². The number of non-ortho nitro benzene ring substituents is 1. The molecule has 5 rings (SSSR count). The maximum absolute atomic E-state index is 13.3. The normalized spacial score (nSPS) is 14.6. The number of para-hydroxylation sites is 1. The van der Waals surface area contributed by atoms with Crippen LogP contribution >= 0.6 is 0 Å². The Hall–Kier alpha value is -4.14. The molecule has 4 aromatic rings. The van der Waals surface area contributed by atoms with Gasteiger partial charge in [-0.25, -0.2) is 17.9 Å². The molecule has 210 valence electrons. The van der Waals surface area contributed by atoms with Gasteiger partial charge in [0.2, 0.25) is 10.0 Å². The minimum Gasteiger partial charge on any atom is -0.378 e. The van der Waals surface area contributed by atoms with Crippen LogP contribution in [0.5, 0.6) is 0 Å². The second kappa shape index (κ2) is 11.2. The monoisotopic (exact) mass is 566 g/mol. The van der Waals surface area contributed by atoms with Crippen molar-refractivity contribution in [1.82, 2.24) is 18.9 Å². The predicted molar refractivity (Wildman–Crippen MR) is 153 cm³/mol. The molecular weight excluding hydrogens is 536 g/mol. The van der Waals surface area contributed by atoms with E-state index in [1.807, 2.05) is 31.2 Å². The van der Waals surface area contributed by atoms with Gasteiger partial charge in [-0.1, -0.05) is 26.0 Å². The fourth-order valence-electron chi connectivity index (χ4n) is 4.78. The third-order valence-corrected chi connectivity index (χ3v) is 8.94. The van der Waals surface area contributed by atoms with Crippen LogP contribution in [-0.4, -0.2) is 77.9 Å². The van der Waals surface area contributed by atoms with Crippen LogP contribution in [-0.2, 0) is 14.8 Å². The molecule has 1 saturated heterocycles. The molecule has 13 nitrogen and oxygen atoms in total. The van der Waals surface area contributed by atoms with E-state index < -0.39 is 14.9 Å². The molecule has 14 heteroatoms. The number of benzene rings is 2. The average Bonchev–Trinajstić information content (AvgIpc) is 3.28. The number of ether oxygens (including phenoxy) is 1. The van der Waals surface area contributed by atoms with Crippen molar-refractivity contribution in [1.29, 1.82) is 0 Å². The summed E-state index contributed by atoms with van der Waals surface area (Å²) in [6.07, 6.45) is 1.54. The van der Waals surface area contributed by atoms with Gasteiger partial charge in [-0.15, -0.1) is 0 Å². The number of aromatic nitrogens is 3. The van der Waals surface area contributed by atoms with E-state index in [1.54, 1.807) is 18.4 Å². The van der Waals surface area contributed by atoms with E-state index in [1.165, 1.54) is 22.7 Å². The van der Waals surface area contributed by atoms with Gasteiger partial charge >= 0.3 is 0 Å². The first-order valence-corrected chi connectivity index (χ1v) is 14.4. The number of nitro benzene ring substituents is 1. The number of sulfonamides is 1. The number of nitro groups is 1. The molecule has 0 unspecified atom stereocenters. The molecule has 0 saturated carbocycles. The standard InChI is InChI=1S/C26H30N8O5S/c1-4-32(5-2)40(37,38)24-16-19(34(35)36)10-11-22(24)29-27-17-21-18(3)30-33-23-9-7-6-8-20(23)25(28-26(21)33)31-12-14-39-15-13-31/h6-11,16-17,29H,4-5,12-15H2,1-3H3. The molecule has 1 aliphatic rings. The third-order valence-electron chi connectivity index (χ3n) is 6.85. The molecule has 40 heavy (non-hydrogen) atoms. The van der Waals surface area contributed by atoms with Crippen LogP contribution in [0.2, 0.25) is 0 Å². The van der Waals surface area contributed by atoms with Gasteiger partial charge in [0.25, 0.3) is 5.69 Å². The SMILES string of the molecule is CCN(CC)S(=O)(=O)c1cc([N+](=O)[O-])ccc1NN=Cc1c(C)nn2c1nc(N1CCOCC1)c1ccccc12. The smallest absolute Gasteiger partial charge is 0.270 e. The summed E-state index contributed by atoms with van der Waals surface area (Å²) >= 11 is 0. The number of morpholine rings is 1. The van der Waals surface area contributed by atoms with Crippen LogP contribution in [0.1, 0.15) is 25.1 Å². The van der Waals surface area contributed by atoms with Crippen molar-refractivity contribution in [2.75, 3.05) is 49.7 Å². The van der Waals surface area contributed by atoms with E-state index in [4.69, 9.17) is 14.8 Å². The lowest BCUT2D eigenvalue weighted by atomic mass is 10.2. The quantitative estimate of drug-likeness (QED) is 0.183. The van der Waals surface area contributed by atoms with Crippen molar-refractivity contribution in [3.8, 4) is 0 Å². The number of nitrogens with zero attached hydrogens (tertiary/aromatic N) is 7. The number of aryl methyl sites for hydroxylation is 1. The largest absolute Gasteiger partial charge is 0.378 e. The van der Waals surface area contributed by atoms with E-state index in [2.05, 4.69) is 15.4 Å². The maximum Gasteiger partial charge on any atom is 0.270 e. The fraction of sp³-hybridized carbons (Fsp3) is 0.346. The van der Waals surface area contributed by atoms with E-state index >= 15 is 0 Å². The van der Waals surface area contributed by atoms with Gasteiger partial charge in [0.05, 0.1) is 46.8 Å². The number of anilines is 2. The summed E-state index contributed by atoms with van der Waals surface area (Å²) in [5, 5.41) is 21.4. The zero-order valence-electron chi connectivity index (χ0n) is 22.4. The molecule has 0 spiro atoms. The van der Waals surface area contributed by atoms with Gasteiger partial charge in [0.1, 0.15) is 10.7 Å². The Morgan fingerprint density at radius 2 is 1.90 bits per heavy atom. The zero-order valence-corrected chi connectivity index (χ0v) is 23.3. The first-order chi connectivity index (χ1) is 19.3. The van der Waals surface area contributed by atoms with Crippen LogP contribution in [0.3, 0.4) is 0 Å². The Balaban J connectivity index is 1.56. The zero-order chi connectivity index (χ0) is 28.4. The summed E-state index contributed by atoms with van der Waals surface area (Å²) in [6, 6.07) is 11.6. The Morgan fingerprint density at radius 1 is 1.18 bits per heavy atom. The first-order valence-electron chi connectivity index (χ1n) is 12.9. The van der Waals surface area contributed by atoms with Crippen LogP contribution in [0, 0.1) is 17.0 Å². The highest BCUT2D eigenvalue weighted by molar-refractivity contribution is 7.89. The second-order valence-electron chi connectivity index (χ2n) is 9.18. The summed E-state index contributed by atoms with van der Waals surface area (Å²) in [5.74, 6) is 0.830. The van der Waals surface area contributed by atoms with Gasteiger partial charge in [0, 0.05) is 43.7 Å². The lowest BCUT2D eigenvalue weighted by Crippen LogP contribution is -2.37. The van der Waals surface area contributed by atoms with Crippen LogP contribution in [0.4, 0.5) is 17.2 Å². The highest BCUT2D eigenvalue weighted by Gasteiger charge is 2.27. The average molecular weight is 567 g/mol. The molecule has 0 atom stereocenters. The van der Waals surface area contributed by atoms with Gasteiger partial charge in [0.15, 0.2) is 5.65 Å². The molecule has 2 aromatic carbocycles. The minimum absolute atomic E-state index is 0.121. The summed E-state index contributed by atoms with van der Waals surface area (Å²) in [7, 11) is -4.01. The molecule has 2 aromatic heterocycles. The van der Waals surface area contributed by atoms with Crippen molar-refractivity contribution >= 4 is 50.0 Å². The lowest BCUT2D eigenvalue weighted by Gasteiger charge is -2.28. The molecule has 1 N–H and O–H groups in total. The van der Waals surface area contributed by atoms with Crippen molar-refractivity contribution in [3.63, 3.8) is 0 Å². The van der Waals surface area contributed by atoms with Crippen LogP contribution in [0.25, 0.3) is 16.6 Å². The number of nitrogens with one attached hydrogen (secondary N) is 1. The van der Waals surface area contributed by atoms with Crippen molar-refractivity contribution in [3.05, 3.63) is 63.8 Å². The minimum atomic E-state index is -4.01. The number of hydrogen-bond donors (Lipinski definition) is 1. The number of fused-ring (bicyclic) bond motifs is 3. The lowest BCUT2D eigenvalue weighted by molar-refractivity contribution is -0.385. The predicted octanol–water partition coefficient (Wildman–Crippen LogP) is 3.41. The molecule has 0 aliphatic carbocycles. The van der Waals surface area contributed by atoms with Gasteiger partial charge in [-0.2, -0.15) is 14.5 Å². The molecule has 1 fully saturated rings. The highest BCUT2D eigenvalue weighted by atomic mass is 32.2. The number of rotatable bonds is 9. The van der Waals surface area contributed by atoms with Crippen molar-refractivity contribution < 1.29 is 18.1 Å². The molecule has 1 aliphatic heterocycles. The van der Waals surface area contributed by atoms with Crippen molar-refractivity contribution in [2.45, 2.75) is 25.7 Å². The van der Waals surface area contributed by atoms with Gasteiger partial charge in [-0.05, 0) is 25.1 Å². The van der Waals surface area contributed by atoms with Crippen LogP contribution < -0.4 is 10.3 Å². The second-order valence-corrected chi connectivity index (χ2v) is 11.1. The maximum atomic E-state index is 13.3. The van der Waals surface area contributed by atoms with E-state index in [-0.39, 0.29) is 29.4 Å².